The number of nitrogens with two attached hydrogens (primary N) is 2. The molecule has 4 N–H and O–H groups in total. The first-order chi connectivity index (χ1) is 10.7. The molecule has 0 spiro atoms. The number of ether oxygens (including phenoxy) is 1. The van der Waals surface area contributed by atoms with Gasteiger partial charge in [0, 0.05) is 17.4 Å². The molecule has 0 aliphatic carbocycles. The molecule has 0 aliphatic heterocycles. The van der Waals surface area contributed by atoms with Gasteiger partial charge in [-0.1, -0.05) is 42.5 Å². The van der Waals surface area contributed by atoms with E-state index in [4.69, 9.17) is 16.2 Å². The van der Waals surface area contributed by atoms with Crippen molar-refractivity contribution in [2.45, 2.75) is 6.61 Å². The van der Waals surface area contributed by atoms with E-state index in [1.807, 2.05) is 72.8 Å². The Balaban J connectivity index is 1.84. The van der Waals surface area contributed by atoms with Gasteiger partial charge in [0.25, 0.3) is 0 Å². The van der Waals surface area contributed by atoms with Crippen molar-refractivity contribution in [2.24, 2.45) is 0 Å². The van der Waals surface area contributed by atoms with Gasteiger partial charge >= 0.3 is 0 Å². The van der Waals surface area contributed by atoms with Crippen LogP contribution in [0.2, 0.25) is 0 Å². The van der Waals surface area contributed by atoms with E-state index in [1.54, 1.807) is 0 Å². The lowest BCUT2D eigenvalue weighted by molar-refractivity contribution is 0.306. The van der Waals surface area contributed by atoms with Crippen LogP contribution >= 0.6 is 0 Å². The van der Waals surface area contributed by atoms with E-state index in [0.29, 0.717) is 12.3 Å². The van der Waals surface area contributed by atoms with Crippen LogP contribution in [0.25, 0.3) is 11.1 Å². The van der Waals surface area contributed by atoms with Gasteiger partial charge in [-0.05, 0) is 41.0 Å². The maximum atomic E-state index is 5.99. The Hall–Kier alpha value is -2.94. The normalized spacial score (nSPS) is 10.4. The Bertz CT molecular complexity index is 769. The van der Waals surface area contributed by atoms with Gasteiger partial charge in [-0.2, -0.15) is 0 Å². The summed E-state index contributed by atoms with van der Waals surface area (Å²) in [6, 6.07) is 23.5. The molecule has 3 heteroatoms. The van der Waals surface area contributed by atoms with E-state index >= 15 is 0 Å². The van der Waals surface area contributed by atoms with Gasteiger partial charge in [0.05, 0.1) is 0 Å². The summed E-state index contributed by atoms with van der Waals surface area (Å²) in [7, 11) is 0. The van der Waals surface area contributed by atoms with E-state index in [1.165, 1.54) is 0 Å². The second-order valence-electron chi connectivity index (χ2n) is 5.19. The minimum absolute atomic E-state index is 0.515. The van der Waals surface area contributed by atoms with Gasteiger partial charge < -0.3 is 16.2 Å². The van der Waals surface area contributed by atoms with Gasteiger partial charge in [0.15, 0.2) is 0 Å². The molecule has 0 heterocycles. The number of rotatable bonds is 4. The topological polar surface area (TPSA) is 61.3 Å². The lowest BCUT2D eigenvalue weighted by Gasteiger charge is -2.10. The van der Waals surface area contributed by atoms with E-state index in [0.717, 1.165) is 28.1 Å². The quantitative estimate of drug-likeness (QED) is 0.711. The fourth-order valence-corrected chi connectivity index (χ4v) is 2.33. The smallest absolute Gasteiger partial charge is 0.122 e. The molecule has 3 aromatic carbocycles. The standard InChI is InChI=1S/C19H18N2O/c20-17-8-4-7-15(9-17)16-10-18(21)12-19(11-16)22-13-14-5-2-1-3-6-14/h1-12H,13,20-21H2. The van der Waals surface area contributed by atoms with Crippen molar-refractivity contribution in [1.29, 1.82) is 0 Å². The van der Waals surface area contributed by atoms with Crippen molar-refractivity contribution in [2.75, 3.05) is 11.5 Å². The maximum absolute atomic E-state index is 5.99. The molecule has 0 unspecified atom stereocenters. The Kier molecular flexibility index (Phi) is 3.97. The summed E-state index contributed by atoms with van der Waals surface area (Å²) in [5.74, 6) is 0.751. The zero-order valence-corrected chi connectivity index (χ0v) is 12.2. The van der Waals surface area contributed by atoms with Gasteiger partial charge in [0.1, 0.15) is 12.4 Å². The molecule has 3 rings (SSSR count). The highest BCUT2D eigenvalue weighted by molar-refractivity contribution is 5.72. The summed E-state index contributed by atoms with van der Waals surface area (Å²) in [4.78, 5) is 0. The van der Waals surface area contributed by atoms with Crippen LogP contribution in [0.1, 0.15) is 5.56 Å². The summed E-state index contributed by atoms with van der Waals surface area (Å²) in [5.41, 5.74) is 16.4. The number of anilines is 2. The van der Waals surface area contributed by atoms with E-state index in [9.17, 15) is 0 Å². The first-order valence-corrected chi connectivity index (χ1v) is 7.14. The summed E-state index contributed by atoms with van der Waals surface area (Å²) >= 11 is 0. The zero-order chi connectivity index (χ0) is 15.4. The molecule has 0 bridgehead atoms. The minimum Gasteiger partial charge on any atom is -0.489 e. The molecule has 0 saturated carbocycles. The first-order valence-electron chi connectivity index (χ1n) is 7.14. The summed E-state index contributed by atoms with van der Waals surface area (Å²) in [5, 5.41) is 0. The SMILES string of the molecule is Nc1cccc(-c2cc(N)cc(OCc3ccccc3)c2)c1. The zero-order valence-electron chi connectivity index (χ0n) is 12.2. The van der Waals surface area contributed by atoms with Gasteiger partial charge in [-0.15, -0.1) is 0 Å². The van der Waals surface area contributed by atoms with E-state index in [2.05, 4.69) is 0 Å². The molecule has 0 atom stereocenters. The number of hydrogen-bond acceptors (Lipinski definition) is 3. The van der Waals surface area contributed by atoms with Gasteiger partial charge in [-0.25, -0.2) is 0 Å². The molecule has 0 amide bonds. The fraction of sp³-hybridized carbons (Fsp3) is 0.0526. The predicted molar refractivity (Wildman–Crippen MR) is 91.5 cm³/mol. The van der Waals surface area contributed by atoms with Crippen molar-refractivity contribution in [3.8, 4) is 16.9 Å². The van der Waals surface area contributed by atoms with Crippen LogP contribution in [0, 0.1) is 0 Å². The third-order valence-corrected chi connectivity index (χ3v) is 3.40. The second kappa shape index (κ2) is 6.22. The van der Waals surface area contributed by atoms with Gasteiger partial charge in [-0.3, -0.25) is 0 Å². The van der Waals surface area contributed by atoms with Crippen molar-refractivity contribution >= 4 is 11.4 Å². The highest BCUT2D eigenvalue weighted by Gasteiger charge is 2.04. The average molecular weight is 290 g/mol. The lowest BCUT2D eigenvalue weighted by atomic mass is 10.0. The Morgan fingerprint density at radius 1 is 0.682 bits per heavy atom. The highest BCUT2D eigenvalue weighted by Crippen LogP contribution is 2.28. The maximum Gasteiger partial charge on any atom is 0.122 e. The van der Waals surface area contributed by atoms with Crippen LogP contribution in [0.15, 0.2) is 72.8 Å². The number of hydrogen-bond donors (Lipinski definition) is 2. The largest absolute Gasteiger partial charge is 0.489 e. The summed E-state index contributed by atoms with van der Waals surface area (Å²) < 4.78 is 5.85. The molecule has 3 nitrogen and oxygen atoms in total. The second-order valence-corrected chi connectivity index (χ2v) is 5.19. The first kappa shape index (κ1) is 14.0. The Morgan fingerprint density at radius 2 is 1.45 bits per heavy atom. The molecular formula is C19H18N2O. The molecule has 0 radical (unpaired) electrons. The van der Waals surface area contributed by atoms with Crippen molar-refractivity contribution in [3.63, 3.8) is 0 Å². The monoisotopic (exact) mass is 290 g/mol. The van der Waals surface area contributed by atoms with Crippen molar-refractivity contribution < 1.29 is 4.74 Å². The Labute approximate surface area is 130 Å². The molecule has 0 saturated heterocycles. The van der Waals surface area contributed by atoms with Crippen LogP contribution in [0.3, 0.4) is 0 Å². The predicted octanol–water partition coefficient (Wildman–Crippen LogP) is 4.10. The minimum atomic E-state index is 0.515. The van der Waals surface area contributed by atoms with Crippen molar-refractivity contribution in [3.05, 3.63) is 78.4 Å². The van der Waals surface area contributed by atoms with Crippen LogP contribution in [-0.2, 0) is 6.61 Å². The number of benzene rings is 3. The van der Waals surface area contributed by atoms with E-state index < -0.39 is 0 Å². The molecular weight excluding hydrogens is 272 g/mol. The van der Waals surface area contributed by atoms with Crippen LogP contribution in [0.4, 0.5) is 11.4 Å². The highest BCUT2D eigenvalue weighted by atomic mass is 16.5. The average Bonchev–Trinajstić information content (AvgIpc) is 2.53. The molecule has 0 aliphatic rings. The molecule has 110 valence electrons. The summed E-state index contributed by atoms with van der Waals surface area (Å²) in [6.45, 7) is 0.515. The lowest BCUT2D eigenvalue weighted by Crippen LogP contribution is -1.97. The summed E-state index contributed by atoms with van der Waals surface area (Å²) in [6.07, 6.45) is 0. The fourth-order valence-electron chi connectivity index (χ4n) is 2.33. The number of nitrogen functional groups attached to an aromatic ring is 2. The third-order valence-electron chi connectivity index (χ3n) is 3.40. The molecule has 0 fully saturated rings. The Morgan fingerprint density at radius 3 is 2.23 bits per heavy atom. The van der Waals surface area contributed by atoms with Gasteiger partial charge in [0.2, 0.25) is 0 Å². The van der Waals surface area contributed by atoms with Crippen LogP contribution in [0.5, 0.6) is 5.75 Å². The van der Waals surface area contributed by atoms with Crippen LogP contribution < -0.4 is 16.2 Å². The molecule has 3 aromatic rings. The van der Waals surface area contributed by atoms with E-state index in [-0.39, 0.29) is 0 Å². The third kappa shape index (κ3) is 3.38. The molecule has 0 aromatic heterocycles. The molecule has 22 heavy (non-hydrogen) atoms. The van der Waals surface area contributed by atoms with Crippen LogP contribution in [-0.4, -0.2) is 0 Å². The van der Waals surface area contributed by atoms with Crippen molar-refractivity contribution in [1.82, 2.24) is 0 Å².